The first-order valence-electron chi connectivity index (χ1n) is 8.30. The van der Waals surface area contributed by atoms with E-state index in [1.165, 1.54) is 0 Å². The van der Waals surface area contributed by atoms with Gasteiger partial charge in [-0.15, -0.1) is 0 Å². The summed E-state index contributed by atoms with van der Waals surface area (Å²) in [7, 11) is 0. The molecule has 0 saturated heterocycles. The first-order valence-corrected chi connectivity index (χ1v) is 8.30. The molecule has 26 heavy (non-hydrogen) atoms. The fraction of sp³-hybridized carbons (Fsp3) is 0.150. The monoisotopic (exact) mass is 346 g/mol. The van der Waals surface area contributed by atoms with Crippen molar-refractivity contribution >= 4 is 11.0 Å². The smallest absolute Gasteiger partial charge is 0.216 e. The number of nitrogens with one attached hydrogen (secondary N) is 1. The number of fused-ring (bicyclic) bond motifs is 1. The van der Waals surface area contributed by atoms with Gasteiger partial charge in [-0.3, -0.25) is 0 Å². The topological polar surface area (TPSA) is 67.3 Å². The number of rotatable bonds is 4. The van der Waals surface area contributed by atoms with Crippen LogP contribution in [0.5, 0.6) is 0 Å². The van der Waals surface area contributed by atoms with Crippen molar-refractivity contribution in [3.63, 3.8) is 0 Å². The molecule has 1 radical (unpaired) electrons. The highest BCUT2D eigenvalue weighted by molar-refractivity contribution is 5.80. The molecule has 0 amide bonds. The largest absolute Gasteiger partial charge is 0.346 e. The van der Waals surface area contributed by atoms with E-state index >= 15 is 0 Å². The molecule has 4 heterocycles. The van der Waals surface area contributed by atoms with Crippen LogP contribution in [0.1, 0.15) is 33.8 Å². The molecule has 6 heteroatoms. The molecular weight excluding hydrogens is 329 g/mol. The highest BCUT2D eigenvalue weighted by atomic mass is 19.1. The van der Waals surface area contributed by atoms with Crippen LogP contribution in [0.25, 0.3) is 11.0 Å². The lowest BCUT2D eigenvalue weighted by Gasteiger charge is -2.05. The number of halogens is 1. The van der Waals surface area contributed by atoms with Gasteiger partial charge in [0.1, 0.15) is 11.5 Å². The zero-order chi connectivity index (χ0) is 18.1. The summed E-state index contributed by atoms with van der Waals surface area (Å²) in [5, 5.41) is 1.01. The van der Waals surface area contributed by atoms with Crippen LogP contribution in [0, 0.1) is 26.2 Å². The normalized spacial score (nSPS) is 11.2. The van der Waals surface area contributed by atoms with Gasteiger partial charge < -0.3 is 4.98 Å². The Morgan fingerprint density at radius 3 is 2.62 bits per heavy atom. The van der Waals surface area contributed by atoms with Gasteiger partial charge in [0.05, 0.1) is 5.69 Å². The fourth-order valence-electron chi connectivity index (χ4n) is 2.85. The van der Waals surface area contributed by atoms with Crippen molar-refractivity contribution in [1.29, 1.82) is 0 Å². The molecule has 0 bridgehead atoms. The van der Waals surface area contributed by atoms with Crippen LogP contribution < -0.4 is 0 Å². The highest BCUT2D eigenvalue weighted by Gasteiger charge is 2.11. The summed E-state index contributed by atoms with van der Waals surface area (Å²) in [5.41, 5.74) is 4.75. The third kappa shape index (κ3) is 3.31. The Morgan fingerprint density at radius 1 is 1.04 bits per heavy atom. The van der Waals surface area contributed by atoms with Gasteiger partial charge in [-0.1, -0.05) is 6.07 Å². The third-order valence-corrected chi connectivity index (χ3v) is 4.20. The first-order chi connectivity index (χ1) is 12.6. The Hall–Kier alpha value is -3.15. The lowest BCUT2D eigenvalue weighted by Crippen LogP contribution is -2.00. The van der Waals surface area contributed by atoms with Gasteiger partial charge in [0, 0.05) is 48.6 Å². The molecule has 4 aromatic rings. The van der Waals surface area contributed by atoms with E-state index in [0.717, 1.165) is 27.7 Å². The molecule has 129 valence electrons. The van der Waals surface area contributed by atoms with Crippen molar-refractivity contribution in [1.82, 2.24) is 24.9 Å². The number of H-pyrrole nitrogens is 1. The van der Waals surface area contributed by atoms with Gasteiger partial charge in [0.15, 0.2) is 0 Å². The van der Waals surface area contributed by atoms with E-state index in [1.54, 1.807) is 30.9 Å². The van der Waals surface area contributed by atoms with Crippen LogP contribution in [-0.2, 0) is 6.42 Å². The van der Waals surface area contributed by atoms with E-state index in [9.17, 15) is 4.39 Å². The van der Waals surface area contributed by atoms with Crippen molar-refractivity contribution < 1.29 is 4.39 Å². The Kier molecular flexibility index (Phi) is 4.16. The summed E-state index contributed by atoms with van der Waals surface area (Å²) in [5.74, 6) is 0.224. The van der Waals surface area contributed by atoms with Crippen LogP contribution >= 0.6 is 0 Å². The number of aryl methyl sites for hydroxylation is 2. The van der Waals surface area contributed by atoms with Gasteiger partial charge in [-0.05, 0) is 42.7 Å². The maximum Gasteiger partial charge on any atom is 0.216 e. The second-order valence-corrected chi connectivity index (χ2v) is 6.29. The summed E-state index contributed by atoms with van der Waals surface area (Å²) in [6, 6.07) is 5.63. The zero-order valence-electron chi connectivity index (χ0n) is 14.5. The number of pyridine rings is 2. The van der Waals surface area contributed by atoms with Gasteiger partial charge in [0.2, 0.25) is 5.95 Å². The lowest BCUT2D eigenvalue weighted by atomic mass is 10.0. The summed E-state index contributed by atoms with van der Waals surface area (Å²) in [4.78, 5) is 19.8. The molecule has 0 saturated carbocycles. The van der Waals surface area contributed by atoms with E-state index in [0.29, 0.717) is 23.5 Å². The molecule has 0 atom stereocenters. The van der Waals surface area contributed by atoms with Crippen molar-refractivity contribution in [3.8, 4) is 0 Å². The molecular formula is C20H17FN5. The van der Waals surface area contributed by atoms with Crippen LogP contribution in [0.15, 0.2) is 43.0 Å². The van der Waals surface area contributed by atoms with Crippen LogP contribution in [-0.4, -0.2) is 24.9 Å². The second-order valence-electron chi connectivity index (χ2n) is 6.29. The molecule has 0 aliphatic heterocycles. The minimum atomic E-state index is -0.471. The molecule has 0 unspecified atom stereocenters. The van der Waals surface area contributed by atoms with Crippen molar-refractivity contribution in [3.05, 3.63) is 89.1 Å². The average molecular weight is 346 g/mol. The zero-order valence-corrected chi connectivity index (χ0v) is 14.5. The molecule has 0 aliphatic rings. The molecule has 0 spiro atoms. The van der Waals surface area contributed by atoms with E-state index in [1.807, 2.05) is 26.2 Å². The van der Waals surface area contributed by atoms with Crippen LogP contribution in [0.3, 0.4) is 0 Å². The molecule has 4 aromatic heterocycles. The lowest BCUT2D eigenvalue weighted by molar-refractivity contribution is 0.567. The molecule has 0 aliphatic carbocycles. The van der Waals surface area contributed by atoms with Crippen LogP contribution in [0.4, 0.5) is 4.39 Å². The molecule has 1 N–H and O–H groups in total. The second kappa shape index (κ2) is 6.63. The minimum Gasteiger partial charge on any atom is -0.346 e. The number of hydrogen-bond acceptors (Lipinski definition) is 4. The number of aromatic nitrogens is 5. The molecule has 0 fully saturated rings. The van der Waals surface area contributed by atoms with Gasteiger partial charge in [-0.25, -0.2) is 19.9 Å². The standard InChI is InChI=1S/C20H17FN5/c1-12-5-18-16(11-25-20(18)24-8-12)7-15-3-4-17(26-19(15)21)6-14-9-22-13(2)23-10-14/h3-6,8-11H,7H2,1-2H3,(H,24,25). The highest BCUT2D eigenvalue weighted by Crippen LogP contribution is 2.22. The Balaban J connectivity index is 1.57. The number of aromatic amines is 1. The predicted molar refractivity (Wildman–Crippen MR) is 97.1 cm³/mol. The number of hydrogen-bond donors (Lipinski definition) is 1. The minimum absolute atomic E-state index is 0.456. The average Bonchev–Trinajstić information content (AvgIpc) is 3.01. The van der Waals surface area contributed by atoms with E-state index in [-0.39, 0.29) is 0 Å². The maximum atomic E-state index is 14.5. The van der Waals surface area contributed by atoms with E-state index in [2.05, 4.69) is 31.0 Å². The molecule has 0 aromatic carbocycles. The SMILES string of the molecule is Cc1cnc2[nH]cc(Cc3ccc([CH]c4cnc(C)nc4)nc3F)c2c1. The summed E-state index contributed by atoms with van der Waals surface area (Å²) in [6.07, 6.45) is 9.28. The summed E-state index contributed by atoms with van der Waals surface area (Å²) in [6.45, 7) is 3.81. The van der Waals surface area contributed by atoms with Gasteiger partial charge >= 0.3 is 0 Å². The predicted octanol–water partition coefficient (Wildman–Crippen LogP) is 3.70. The summed E-state index contributed by atoms with van der Waals surface area (Å²) < 4.78 is 14.5. The van der Waals surface area contributed by atoms with Crippen molar-refractivity contribution in [2.45, 2.75) is 20.3 Å². The molecule has 4 rings (SSSR count). The Bertz CT molecular complexity index is 1070. The van der Waals surface area contributed by atoms with Crippen molar-refractivity contribution in [2.24, 2.45) is 0 Å². The van der Waals surface area contributed by atoms with Crippen molar-refractivity contribution in [2.75, 3.05) is 0 Å². The van der Waals surface area contributed by atoms with Gasteiger partial charge in [-0.2, -0.15) is 4.39 Å². The summed E-state index contributed by atoms with van der Waals surface area (Å²) >= 11 is 0. The Morgan fingerprint density at radius 2 is 1.85 bits per heavy atom. The van der Waals surface area contributed by atoms with E-state index < -0.39 is 5.95 Å². The fourth-order valence-corrected chi connectivity index (χ4v) is 2.85. The van der Waals surface area contributed by atoms with Crippen LogP contribution in [0.2, 0.25) is 0 Å². The quantitative estimate of drug-likeness (QED) is 0.572. The molecule has 5 nitrogen and oxygen atoms in total. The first kappa shape index (κ1) is 16.3. The maximum absolute atomic E-state index is 14.5. The van der Waals surface area contributed by atoms with Gasteiger partial charge in [0.25, 0.3) is 0 Å². The number of nitrogens with zero attached hydrogens (tertiary/aromatic N) is 4. The third-order valence-electron chi connectivity index (χ3n) is 4.20. The Labute approximate surface area is 150 Å². The van der Waals surface area contributed by atoms with E-state index in [4.69, 9.17) is 0 Å².